The minimum atomic E-state index is -0.159. The van der Waals surface area contributed by atoms with Gasteiger partial charge < -0.3 is 20.2 Å². The van der Waals surface area contributed by atoms with Crippen molar-refractivity contribution in [3.05, 3.63) is 29.8 Å². The first-order chi connectivity index (χ1) is 10.5. The predicted molar refractivity (Wildman–Crippen MR) is 84.4 cm³/mol. The molecule has 22 heavy (non-hydrogen) atoms. The highest BCUT2D eigenvalue weighted by Crippen LogP contribution is 2.12. The largest absolute Gasteiger partial charge is 0.392 e. The van der Waals surface area contributed by atoms with Gasteiger partial charge in [0.2, 0.25) is 5.91 Å². The topological polar surface area (TPSA) is 72.9 Å². The second-order valence-corrected chi connectivity index (χ2v) is 5.75. The van der Waals surface area contributed by atoms with Crippen LogP contribution in [0.3, 0.4) is 0 Å². The molecular weight excluding hydrogens is 282 g/mol. The third-order valence-corrected chi connectivity index (χ3v) is 3.76. The molecule has 1 aliphatic rings. The number of hydrogen-bond acceptors (Lipinski definition) is 3. The van der Waals surface area contributed by atoms with Crippen molar-refractivity contribution in [1.82, 2.24) is 9.80 Å². The highest BCUT2D eigenvalue weighted by atomic mass is 16.3. The van der Waals surface area contributed by atoms with Crippen LogP contribution < -0.4 is 5.32 Å². The van der Waals surface area contributed by atoms with Crippen LogP contribution in [0.15, 0.2) is 24.3 Å². The number of rotatable bonds is 3. The Bertz CT molecular complexity index is 520. The number of aliphatic hydroxyl groups excluding tert-OH is 1. The molecule has 0 unspecified atom stereocenters. The van der Waals surface area contributed by atoms with Crippen molar-refractivity contribution in [2.75, 3.05) is 31.5 Å². The Hall–Kier alpha value is -2.08. The third kappa shape index (κ3) is 3.98. The number of amides is 3. The van der Waals surface area contributed by atoms with Gasteiger partial charge in [-0.1, -0.05) is 26.0 Å². The van der Waals surface area contributed by atoms with Crippen LogP contribution in [-0.4, -0.2) is 53.0 Å². The van der Waals surface area contributed by atoms with E-state index in [0.29, 0.717) is 31.9 Å². The molecule has 0 saturated carbocycles. The Morgan fingerprint density at radius 1 is 1.09 bits per heavy atom. The summed E-state index contributed by atoms with van der Waals surface area (Å²) >= 11 is 0. The summed E-state index contributed by atoms with van der Waals surface area (Å²) in [4.78, 5) is 27.6. The van der Waals surface area contributed by atoms with Crippen molar-refractivity contribution < 1.29 is 14.7 Å². The maximum absolute atomic E-state index is 12.2. The summed E-state index contributed by atoms with van der Waals surface area (Å²) in [7, 11) is 0. The van der Waals surface area contributed by atoms with Crippen LogP contribution in [0.4, 0.5) is 10.5 Å². The normalized spacial score (nSPS) is 15.1. The molecule has 6 heteroatoms. The molecule has 1 heterocycles. The highest BCUT2D eigenvalue weighted by molar-refractivity contribution is 5.89. The number of anilines is 1. The number of urea groups is 1. The molecule has 0 bridgehead atoms. The van der Waals surface area contributed by atoms with Crippen LogP contribution >= 0.6 is 0 Å². The second kappa shape index (κ2) is 7.26. The molecule has 0 radical (unpaired) electrons. The van der Waals surface area contributed by atoms with Crippen LogP contribution in [0.2, 0.25) is 0 Å². The summed E-state index contributed by atoms with van der Waals surface area (Å²) in [6.07, 6.45) is 0. The summed E-state index contributed by atoms with van der Waals surface area (Å²) in [5.41, 5.74) is 1.50. The van der Waals surface area contributed by atoms with E-state index in [-0.39, 0.29) is 24.5 Å². The fourth-order valence-electron chi connectivity index (χ4n) is 2.39. The number of hydrogen-bond donors (Lipinski definition) is 2. The zero-order valence-corrected chi connectivity index (χ0v) is 13.1. The van der Waals surface area contributed by atoms with Gasteiger partial charge >= 0.3 is 6.03 Å². The summed E-state index contributed by atoms with van der Waals surface area (Å²) in [6, 6.07) is 6.92. The summed E-state index contributed by atoms with van der Waals surface area (Å²) < 4.78 is 0. The Balaban J connectivity index is 1.85. The molecule has 120 valence electrons. The molecule has 1 aromatic carbocycles. The minimum absolute atomic E-state index is 0.00887. The number of piperazine rings is 1. The first-order valence-electron chi connectivity index (χ1n) is 7.55. The summed E-state index contributed by atoms with van der Waals surface area (Å²) in [5.74, 6) is 0.130. The van der Waals surface area contributed by atoms with Crippen LogP contribution in [0.25, 0.3) is 0 Å². The minimum Gasteiger partial charge on any atom is -0.392 e. The second-order valence-electron chi connectivity index (χ2n) is 5.75. The number of carbonyl (C=O) groups is 2. The quantitative estimate of drug-likeness (QED) is 0.889. The molecule has 0 aliphatic carbocycles. The van der Waals surface area contributed by atoms with Gasteiger partial charge in [-0.2, -0.15) is 0 Å². The van der Waals surface area contributed by atoms with E-state index in [2.05, 4.69) is 5.32 Å². The lowest BCUT2D eigenvalue weighted by molar-refractivity contribution is -0.135. The van der Waals surface area contributed by atoms with Gasteiger partial charge in [0.25, 0.3) is 0 Å². The van der Waals surface area contributed by atoms with Crippen molar-refractivity contribution in [3.8, 4) is 0 Å². The van der Waals surface area contributed by atoms with Crippen LogP contribution in [-0.2, 0) is 11.4 Å². The lowest BCUT2D eigenvalue weighted by Gasteiger charge is -2.35. The van der Waals surface area contributed by atoms with Crippen molar-refractivity contribution in [2.45, 2.75) is 20.5 Å². The van der Waals surface area contributed by atoms with Gasteiger partial charge in [-0.05, 0) is 17.7 Å². The molecule has 1 saturated heterocycles. The summed E-state index contributed by atoms with van der Waals surface area (Å²) in [5, 5.41) is 11.8. The molecule has 0 spiro atoms. The molecule has 2 rings (SSSR count). The van der Waals surface area contributed by atoms with Crippen molar-refractivity contribution in [3.63, 3.8) is 0 Å². The van der Waals surface area contributed by atoms with Gasteiger partial charge in [0.1, 0.15) is 0 Å². The molecule has 2 N–H and O–H groups in total. The molecule has 3 amide bonds. The molecular formula is C16H23N3O3. The number of carbonyl (C=O) groups excluding carboxylic acids is 2. The zero-order chi connectivity index (χ0) is 16.1. The maximum Gasteiger partial charge on any atom is 0.321 e. The van der Waals surface area contributed by atoms with E-state index in [9.17, 15) is 9.59 Å². The van der Waals surface area contributed by atoms with E-state index in [1.807, 2.05) is 18.7 Å². The number of benzene rings is 1. The number of nitrogens with one attached hydrogen (secondary N) is 1. The van der Waals surface area contributed by atoms with Gasteiger partial charge in [-0.15, -0.1) is 0 Å². The summed E-state index contributed by atoms with van der Waals surface area (Å²) in [6.45, 7) is 5.99. The Morgan fingerprint density at radius 2 is 1.64 bits per heavy atom. The number of aliphatic hydroxyl groups is 1. The van der Waals surface area contributed by atoms with Gasteiger partial charge in [0.15, 0.2) is 0 Å². The molecule has 1 aliphatic heterocycles. The van der Waals surface area contributed by atoms with Gasteiger partial charge in [0, 0.05) is 37.8 Å². The monoisotopic (exact) mass is 305 g/mol. The fourth-order valence-corrected chi connectivity index (χ4v) is 2.39. The Labute approximate surface area is 130 Å². The van der Waals surface area contributed by atoms with E-state index < -0.39 is 0 Å². The highest BCUT2D eigenvalue weighted by Gasteiger charge is 2.25. The lowest BCUT2D eigenvalue weighted by Crippen LogP contribution is -2.52. The Morgan fingerprint density at radius 3 is 2.14 bits per heavy atom. The molecule has 1 aromatic rings. The van der Waals surface area contributed by atoms with E-state index in [1.165, 1.54) is 0 Å². The molecule has 6 nitrogen and oxygen atoms in total. The number of nitrogens with zero attached hydrogens (tertiary/aromatic N) is 2. The maximum atomic E-state index is 12.2. The molecule has 1 fully saturated rings. The van der Waals surface area contributed by atoms with Crippen molar-refractivity contribution in [2.24, 2.45) is 5.92 Å². The SMILES string of the molecule is CC(C)C(=O)N1CCN(C(=O)Nc2ccc(CO)cc2)CC1. The third-order valence-electron chi connectivity index (χ3n) is 3.76. The van der Waals surface area contributed by atoms with Crippen LogP contribution in [0, 0.1) is 5.92 Å². The van der Waals surface area contributed by atoms with E-state index in [1.54, 1.807) is 29.2 Å². The first kappa shape index (κ1) is 16.3. The van der Waals surface area contributed by atoms with Gasteiger partial charge in [0.05, 0.1) is 6.61 Å². The predicted octanol–water partition coefficient (Wildman–Crippen LogP) is 1.51. The average Bonchev–Trinajstić information content (AvgIpc) is 2.55. The lowest BCUT2D eigenvalue weighted by atomic mass is 10.1. The van der Waals surface area contributed by atoms with Crippen LogP contribution in [0.1, 0.15) is 19.4 Å². The van der Waals surface area contributed by atoms with E-state index in [4.69, 9.17) is 5.11 Å². The first-order valence-corrected chi connectivity index (χ1v) is 7.55. The van der Waals surface area contributed by atoms with Crippen molar-refractivity contribution in [1.29, 1.82) is 0 Å². The van der Waals surface area contributed by atoms with Gasteiger partial charge in [-0.25, -0.2) is 4.79 Å². The Kier molecular flexibility index (Phi) is 5.38. The smallest absolute Gasteiger partial charge is 0.321 e. The van der Waals surface area contributed by atoms with E-state index in [0.717, 1.165) is 5.56 Å². The molecule has 0 aromatic heterocycles. The van der Waals surface area contributed by atoms with Crippen molar-refractivity contribution >= 4 is 17.6 Å². The molecule has 0 atom stereocenters. The fraction of sp³-hybridized carbons (Fsp3) is 0.500. The average molecular weight is 305 g/mol. The van der Waals surface area contributed by atoms with Crippen LogP contribution in [0.5, 0.6) is 0 Å². The zero-order valence-electron chi connectivity index (χ0n) is 13.1. The van der Waals surface area contributed by atoms with Gasteiger partial charge in [-0.3, -0.25) is 4.79 Å². The standard InChI is InChI=1S/C16H23N3O3/c1-12(2)15(21)18-7-9-19(10-8-18)16(22)17-14-5-3-13(11-20)4-6-14/h3-6,12,20H,7-11H2,1-2H3,(H,17,22). The van der Waals surface area contributed by atoms with E-state index >= 15 is 0 Å².